The van der Waals surface area contributed by atoms with Crippen molar-refractivity contribution >= 4 is 11.3 Å². The van der Waals surface area contributed by atoms with Crippen molar-refractivity contribution in [2.45, 2.75) is 32.2 Å². The third kappa shape index (κ3) is 4.78. The van der Waals surface area contributed by atoms with Gasteiger partial charge in [0.2, 0.25) is 0 Å². The molecule has 1 saturated heterocycles. The molecule has 2 nitrogen and oxygen atoms in total. The first-order chi connectivity index (χ1) is 8.34. The highest BCUT2D eigenvalue weighted by Gasteiger charge is 2.12. The molecule has 1 fully saturated rings. The third-order valence-corrected chi connectivity index (χ3v) is 4.32. The van der Waals surface area contributed by atoms with E-state index in [-0.39, 0.29) is 0 Å². The van der Waals surface area contributed by atoms with Crippen LogP contribution in [-0.2, 0) is 6.54 Å². The second-order valence-corrected chi connectivity index (χ2v) is 6.00. The van der Waals surface area contributed by atoms with E-state index in [4.69, 9.17) is 0 Å². The van der Waals surface area contributed by atoms with E-state index < -0.39 is 0 Å². The molecule has 0 aliphatic carbocycles. The summed E-state index contributed by atoms with van der Waals surface area (Å²) in [5, 5.41) is 7.91. The first kappa shape index (κ1) is 13.1. The molecule has 1 N–H and O–H groups in total. The molecule has 2 heterocycles. The third-order valence-electron chi connectivity index (χ3n) is 3.58. The van der Waals surface area contributed by atoms with Gasteiger partial charge in [0.05, 0.1) is 0 Å². The summed E-state index contributed by atoms with van der Waals surface area (Å²) in [4.78, 5) is 2.44. The number of hydrogen-bond acceptors (Lipinski definition) is 3. The monoisotopic (exact) mass is 252 g/mol. The molecular formula is C14H24N2S. The number of thiophene rings is 1. The zero-order valence-electron chi connectivity index (χ0n) is 10.8. The van der Waals surface area contributed by atoms with Crippen molar-refractivity contribution in [1.82, 2.24) is 10.2 Å². The number of nitrogens with zero attached hydrogens (tertiary/aromatic N) is 1. The standard InChI is InChI=1S/C14H24N2S/c1-16(11-14-6-9-17-12-14)8-3-5-13-4-2-7-15-10-13/h6,9,12-13,15H,2-5,7-8,10-11H2,1H3. The van der Waals surface area contributed by atoms with Crippen molar-refractivity contribution in [2.75, 3.05) is 26.7 Å². The lowest BCUT2D eigenvalue weighted by Gasteiger charge is -2.23. The first-order valence-corrected chi connectivity index (χ1v) is 7.69. The molecule has 1 atom stereocenters. The minimum atomic E-state index is 0.929. The molecule has 3 heteroatoms. The van der Waals surface area contributed by atoms with Crippen molar-refractivity contribution in [3.8, 4) is 0 Å². The molecule has 1 aliphatic rings. The summed E-state index contributed by atoms with van der Waals surface area (Å²) < 4.78 is 0. The Kier molecular flexibility index (Phi) is 5.49. The van der Waals surface area contributed by atoms with Gasteiger partial charge in [-0.05, 0) is 80.7 Å². The molecule has 0 radical (unpaired) electrons. The SMILES string of the molecule is CN(CCCC1CCCNC1)Cc1ccsc1. The molecular weight excluding hydrogens is 228 g/mol. The van der Waals surface area contributed by atoms with Crippen LogP contribution in [0.5, 0.6) is 0 Å². The van der Waals surface area contributed by atoms with E-state index >= 15 is 0 Å². The molecule has 96 valence electrons. The minimum Gasteiger partial charge on any atom is -0.316 e. The number of hydrogen-bond donors (Lipinski definition) is 1. The molecule has 0 bridgehead atoms. The molecule has 2 rings (SSSR count). The second-order valence-electron chi connectivity index (χ2n) is 5.22. The maximum atomic E-state index is 3.50. The molecule has 1 aromatic rings. The fourth-order valence-electron chi connectivity index (χ4n) is 2.59. The Morgan fingerprint density at radius 3 is 3.18 bits per heavy atom. The van der Waals surface area contributed by atoms with Crippen LogP contribution in [0, 0.1) is 5.92 Å². The fraction of sp³-hybridized carbons (Fsp3) is 0.714. The van der Waals surface area contributed by atoms with Gasteiger partial charge in [0.25, 0.3) is 0 Å². The van der Waals surface area contributed by atoms with Gasteiger partial charge >= 0.3 is 0 Å². The van der Waals surface area contributed by atoms with Crippen molar-refractivity contribution < 1.29 is 0 Å². The number of piperidine rings is 1. The predicted octanol–water partition coefficient (Wildman–Crippen LogP) is 2.96. The van der Waals surface area contributed by atoms with Crippen LogP contribution in [-0.4, -0.2) is 31.6 Å². The van der Waals surface area contributed by atoms with Crippen molar-refractivity contribution in [2.24, 2.45) is 5.92 Å². The van der Waals surface area contributed by atoms with Gasteiger partial charge in [0.1, 0.15) is 0 Å². The van der Waals surface area contributed by atoms with Crippen LogP contribution in [0.25, 0.3) is 0 Å². The Morgan fingerprint density at radius 2 is 2.47 bits per heavy atom. The summed E-state index contributed by atoms with van der Waals surface area (Å²) in [6.45, 7) is 4.81. The zero-order chi connectivity index (χ0) is 11.9. The maximum absolute atomic E-state index is 3.50. The summed E-state index contributed by atoms with van der Waals surface area (Å²) in [6, 6.07) is 2.23. The molecule has 1 unspecified atom stereocenters. The Labute approximate surface area is 109 Å². The smallest absolute Gasteiger partial charge is 0.0238 e. The van der Waals surface area contributed by atoms with Crippen molar-refractivity contribution in [3.05, 3.63) is 22.4 Å². The largest absolute Gasteiger partial charge is 0.316 e. The summed E-state index contributed by atoms with van der Waals surface area (Å²) in [7, 11) is 2.23. The van der Waals surface area contributed by atoms with Crippen LogP contribution in [0.4, 0.5) is 0 Å². The van der Waals surface area contributed by atoms with E-state index in [1.54, 1.807) is 11.3 Å². The zero-order valence-corrected chi connectivity index (χ0v) is 11.6. The van der Waals surface area contributed by atoms with E-state index in [2.05, 4.69) is 34.1 Å². The van der Waals surface area contributed by atoms with Gasteiger partial charge in [-0.2, -0.15) is 11.3 Å². The molecule has 1 aromatic heterocycles. The van der Waals surface area contributed by atoms with Gasteiger partial charge in [-0.3, -0.25) is 0 Å². The molecule has 0 amide bonds. The Hall–Kier alpha value is -0.380. The van der Waals surface area contributed by atoms with Gasteiger partial charge < -0.3 is 10.2 Å². The predicted molar refractivity (Wildman–Crippen MR) is 75.5 cm³/mol. The summed E-state index contributed by atoms with van der Waals surface area (Å²) in [5.74, 6) is 0.929. The molecule has 17 heavy (non-hydrogen) atoms. The van der Waals surface area contributed by atoms with Crippen molar-refractivity contribution in [3.63, 3.8) is 0 Å². The maximum Gasteiger partial charge on any atom is 0.0238 e. The fourth-order valence-corrected chi connectivity index (χ4v) is 3.25. The molecule has 1 aliphatic heterocycles. The van der Waals surface area contributed by atoms with Gasteiger partial charge in [-0.25, -0.2) is 0 Å². The van der Waals surface area contributed by atoms with Gasteiger partial charge in [-0.15, -0.1) is 0 Å². The summed E-state index contributed by atoms with van der Waals surface area (Å²) >= 11 is 1.79. The summed E-state index contributed by atoms with van der Waals surface area (Å²) in [5.41, 5.74) is 1.46. The van der Waals surface area contributed by atoms with Gasteiger partial charge in [-0.1, -0.05) is 0 Å². The van der Waals surface area contributed by atoms with Crippen LogP contribution in [0.2, 0.25) is 0 Å². The molecule has 0 aromatic carbocycles. The number of rotatable bonds is 6. The topological polar surface area (TPSA) is 15.3 Å². The Balaban J connectivity index is 1.58. The highest BCUT2D eigenvalue weighted by atomic mass is 32.1. The van der Waals surface area contributed by atoms with Crippen LogP contribution >= 0.6 is 11.3 Å². The highest BCUT2D eigenvalue weighted by molar-refractivity contribution is 7.07. The van der Waals surface area contributed by atoms with E-state index in [0.717, 1.165) is 12.5 Å². The highest BCUT2D eigenvalue weighted by Crippen LogP contribution is 2.16. The normalized spacial score (nSPS) is 20.9. The van der Waals surface area contributed by atoms with Crippen LogP contribution in [0.3, 0.4) is 0 Å². The second kappa shape index (κ2) is 7.14. The van der Waals surface area contributed by atoms with E-state index in [9.17, 15) is 0 Å². The Morgan fingerprint density at radius 1 is 1.53 bits per heavy atom. The van der Waals surface area contributed by atoms with E-state index in [1.807, 2.05) is 0 Å². The average Bonchev–Trinajstić information content (AvgIpc) is 2.83. The lowest BCUT2D eigenvalue weighted by atomic mass is 9.95. The number of nitrogens with one attached hydrogen (secondary N) is 1. The minimum absolute atomic E-state index is 0.929. The first-order valence-electron chi connectivity index (χ1n) is 6.75. The van der Waals surface area contributed by atoms with E-state index in [0.29, 0.717) is 0 Å². The van der Waals surface area contributed by atoms with Crippen LogP contribution in [0.1, 0.15) is 31.2 Å². The molecule has 0 saturated carbocycles. The van der Waals surface area contributed by atoms with Gasteiger partial charge in [0, 0.05) is 6.54 Å². The van der Waals surface area contributed by atoms with Crippen molar-refractivity contribution in [1.29, 1.82) is 0 Å². The van der Waals surface area contributed by atoms with Crippen LogP contribution in [0.15, 0.2) is 16.8 Å². The average molecular weight is 252 g/mol. The quantitative estimate of drug-likeness (QED) is 0.837. The van der Waals surface area contributed by atoms with E-state index in [1.165, 1.54) is 50.9 Å². The lowest BCUT2D eigenvalue weighted by Crippen LogP contribution is -2.30. The van der Waals surface area contributed by atoms with Gasteiger partial charge in [0.15, 0.2) is 0 Å². The van der Waals surface area contributed by atoms with Crippen LogP contribution < -0.4 is 5.32 Å². The lowest BCUT2D eigenvalue weighted by molar-refractivity contribution is 0.288. The molecule has 0 spiro atoms. The summed E-state index contributed by atoms with van der Waals surface area (Å²) in [6.07, 6.45) is 5.53. The Bertz CT molecular complexity index is 291.